The molecule has 0 spiro atoms. The zero-order valence-corrected chi connectivity index (χ0v) is 16.9. The maximum atomic E-state index is 12.8. The van der Waals surface area contributed by atoms with E-state index in [1.54, 1.807) is 22.4 Å². The molecule has 4 aromatic heterocycles. The number of thiophene rings is 1. The summed E-state index contributed by atoms with van der Waals surface area (Å²) in [6.07, 6.45) is 4.61. The molecule has 0 aliphatic rings. The second-order valence-corrected chi connectivity index (χ2v) is 8.01. The van der Waals surface area contributed by atoms with Crippen LogP contribution in [0.2, 0.25) is 0 Å². The molecule has 0 saturated carbocycles. The van der Waals surface area contributed by atoms with Crippen molar-refractivity contribution in [2.24, 2.45) is 0 Å². The fourth-order valence-corrected chi connectivity index (χ4v) is 4.30. The molecule has 0 radical (unpaired) electrons. The number of imidazole rings is 1. The number of aromatic nitrogens is 4. The Morgan fingerprint density at radius 2 is 2.21 bits per heavy atom. The van der Waals surface area contributed by atoms with Crippen LogP contribution in [0, 0.1) is 0 Å². The summed E-state index contributed by atoms with van der Waals surface area (Å²) in [5.41, 5.74) is 1.01. The molecule has 0 aliphatic heterocycles. The lowest BCUT2D eigenvalue weighted by atomic mass is 10.4. The summed E-state index contributed by atoms with van der Waals surface area (Å²) in [5.74, 6) is 1.27. The van der Waals surface area contributed by atoms with Gasteiger partial charge in [-0.25, -0.2) is 4.98 Å². The van der Waals surface area contributed by atoms with Gasteiger partial charge in [0.1, 0.15) is 0 Å². The Kier molecular flexibility index (Phi) is 5.73. The number of amides is 1. The van der Waals surface area contributed by atoms with Gasteiger partial charge in [-0.2, -0.15) is 0 Å². The predicted molar refractivity (Wildman–Crippen MR) is 109 cm³/mol. The average molecular weight is 414 g/mol. The van der Waals surface area contributed by atoms with Crippen molar-refractivity contribution in [2.45, 2.75) is 25.0 Å². The van der Waals surface area contributed by atoms with Crippen molar-refractivity contribution < 1.29 is 9.21 Å². The van der Waals surface area contributed by atoms with Gasteiger partial charge in [0.2, 0.25) is 11.8 Å². The maximum Gasteiger partial charge on any atom is 0.257 e. The second kappa shape index (κ2) is 8.57. The Bertz CT molecular complexity index is 1060. The van der Waals surface area contributed by atoms with Crippen LogP contribution in [0.1, 0.15) is 19.2 Å². The summed E-state index contributed by atoms with van der Waals surface area (Å²) in [4.78, 5) is 19.9. The van der Waals surface area contributed by atoms with Gasteiger partial charge in [-0.1, -0.05) is 30.8 Å². The molecule has 144 valence electrons. The molecular formula is C19H19N5O2S2. The second-order valence-electron chi connectivity index (χ2n) is 6.12. The zero-order valence-electron chi connectivity index (χ0n) is 15.3. The number of hydrogen-bond donors (Lipinski definition) is 0. The van der Waals surface area contributed by atoms with Crippen LogP contribution in [0.5, 0.6) is 0 Å². The minimum Gasteiger partial charge on any atom is -0.418 e. The van der Waals surface area contributed by atoms with E-state index in [1.807, 2.05) is 53.2 Å². The topological polar surface area (TPSA) is 76.5 Å². The van der Waals surface area contributed by atoms with Crippen molar-refractivity contribution in [2.75, 3.05) is 12.3 Å². The molecule has 7 nitrogen and oxygen atoms in total. The normalized spacial score (nSPS) is 11.2. The first kappa shape index (κ1) is 18.7. The molecule has 4 heterocycles. The molecule has 9 heteroatoms. The van der Waals surface area contributed by atoms with Crippen molar-refractivity contribution in [3.05, 3.63) is 54.0 Å². The van der Waals surface area contributed by atoms with Gasteiger partial charge in [0.15, 0.2) is 5.16 Å². The Morgan fingerprint density at radius 3 is 3.04 bits per heavy atom. The Morgan fingerprint density at radius 1 is 1.29 bits per heavy atom. The van der Waals surface area contributed by atoms with E-state index in [4.69, 9.17) is 4.42 Å². The number of carbonyl (C=O) groups excluding carboxylic acids is 1. The van der Waals surface area contributed by atoms with Crippen molar-refractivity contribution in [3.63, 3.8) is 0 Å². The van der Waals surface area contributed by atoms with E-state index in [2.05, 4.69) is 15.2 Å². The number of fused-ring (bicyclic) bond motifs is 1. The third kappa shape index (κ3) is 4.10. The Balaban J connectivity index is 1.41. The first-order chi connectivity index (χ1) is 13.7. The lowest BCUT2D eigenvalue weighted by Crippen LogP contribution is -2.32. The first-order valence-electron chi connectivity index (χ1n) is 8.93. The van der Waals surface area contributed by atoms with E-state index in [-0.39, 0.29) is 5.91 Å². The predicted octanol–water partition coefficient (Wildman–Crippen LogP) is 3.98. The number of carbonyl (C=O) groups is 1. The van der Waals surface area contributed by atoms with Crippen LogP contribution in [0.25, 0.3) is 16.3 Å². The number of hydrogen-bond acceptors (Lipinski definition) is 7. The smallest absolute Gasteiger partial charge is 0.257 e. The van der Waals surface area contributed by atoms with Crippen molar-refractivity contribution in [3.8, 4) is 10.8 Å². The molecule has 0 unspecified atom stereocenters. The van der Waals surface area contributed by atoms with Gasteiger partial charge in [-0.15, -0.1) is 21.5 Å². The fourth-order valence-electron chi connectivity index (χ4n) is 2.79. The molecule has 4 aromatic rings. The van der Waals surface area contributed by atoms with Gasteiger partial charge >= 0.3 is 0 Å². The summed E-state index contributed by atoms with van der Waals surface area (Å²) in [7, 11) is 0. The highest BCUT2D eigenvalue weighted by Crippen LogP contribution is 2.24. The van der Waals surface area contributed by atoms with Crippen LogP contribution in [-0.2, 0) is 11.3 Å². The molecule has 28 heavy (non-hydrogen) atoms. The van der Waals surface area contributed by atoms with Crippen LogP contribution in [0.3, 0.4) is 0 Å². The number of pyridine rings is 1. The molecule has 0 aliphatic carbocycles. The van der Waals surface area contributed by atoms with E-state index in [0.717, 1.165) is 22.0 Å². The highest BCUT2D eigenvalue weighted by Gasteiger charge is 2.18. The first-order valence-corrected chi connectivity index (χ1v) is 10.8. The number of nitrogens with zero attached hydrogens (tertiary/aromatic N) is 5. The molecule has 0 aromatic carbocycles. The SMILES string of the molecule is CCCN(Cc1nnc(-c2cccs2)o1)C(=O)CSc1ncc2ccccn12. The lowest BCUT2D eigenvalue weighted by Gasteiger charge is -2.19. The molecule has 0 saturated heterocycles. The molecule has 0 N–H and O–H groups in total. The molecular weight excluding hydrogens is 394 g/mol. The van der Waals surface area contributed by atoms with E-state index in [0.29, 0.717) is 30.6 Å². The van der Waals surface area contributed by atoms with Crippen LogP contribution < -0.4 is 0 Å². The fraction of sp³-hybridized carbons (Fsp3) is 0.263. The maximum absolute atomic E-state index is 12.8. The zero-order chi connectivity index (χ0) is 19.3. The summed E-state index contributed by atoms with van der Waals surface area (Å²) in [6, 6.07) is 9.78. The van der Waals surface area contributed by atoms with Crippen molar-refractivity contribution in [1.29, 1.82) is 0 Å². The third-order valence-electron chi connectivity index (χ3n) is 4.10. The van der Waals surface area contributed by atoms with Gasteiger partial charge in [0.05, 0.1) is 28.9 Å². The quantitative estimate of drug-likeness (QED) is 0.407. The number of thioether (sulfide) groups is 1. The lowest BCUT2D eigenvalue weighted by molar-refractivity contribution is -0.129. The van der Waals surface area contributed by atoms with Crippen molar-refractivity contribution >= 4 is 34.5 Å². The molecule has 0 fully saturated rings. The van der Waals surface area contributed by atoms with Crippen LogP contribution >= 0.6 is 23.1 Å². The monoisotopic (exact) mass is 413 g/mol. The summed E-state index contributed by atoms with van der Waals surface area (Å²) < 4.78 is 7.71. The minimum atomic E-state index is 0.0235. The highest BCUT2D eigenvalue weighted by molar-refractivity contribution is 7.99. The molecule has 1 amide bonds. The molecule has 0 atom stereocenters. The van der Waals surface area contributed by atoms with Gasteiger partial charge < -0.3 is 9.32 Å². The van der Waals surface area contributed by atoms with E-state index in [9.17, 15) is 4.79 Å². The van der Waals surface area contributed by atoms with Gasteiger partial charge in [0.25, 0.3) is 5.89 Å². The van der Waals surface area contributed by atoms with Crippen LogP contribution in [0.4, 0.5) is 0 Å². The standard InChI is InChI=1S/C19H19N5O2S2/c1-2-8-23(12-16-21-22-18(26-16)15-7-5-10-27-15)17(25)13-28-19-20-11-14-6-3-4-9-24(14)19/h3-7,9-11H,2,8,12-13H2,1H3. The Hall–Kier alpha value is -2.65. The molecule has 4 rings (SSSR count). The molecule has 0 bridgehead atoms. The summed E-state index contributed by atoms with van der Waals surface area (Å²) >= 11 is 2.97. The van der Waals surface area contributed by atoms with Crippen molar-refractivity contribution in [1.82, 2.24) is 24.5 Å². The van der Waals surface area contributed by atoms with E-state index >= 15 is 0 Å². The van der Waals surface area contributed by atoms with Gasteiger partial charge in [0, 0.05) is 12.7 Å². The number of rotatable bonds is 8. The Labute approximate surface area is 170 Å². The van der Waals surface area contributed by atoms with Gasteiger partial charge in [-0.3, -0.25) is 9.20 Å². The van der Waals surface area contributed by atoms with E-state index < -0.39 is 0 Å². The van der Waals surface area contributed by atoms with Crippen LogP contribution in [0.15, 0.2) is 57.7 Å². The largest absolute Gasteiger partial charge is 0.418 e. The minimum absolute atomic E-state index is 0.0235. The third-order valence-corrected chi connectivity index (χ3v) is 5.91. The highest BCUT2D eigenvalue weighted by atomic mass is 32.2. The average Bonchev–Trinajstić information content (AvgIpc) is 3.46. The summed E-state index contributed by atoms with van der Waals surface area (Å²) in [6.45, 7) is 2.99. The van der Waals surface area contributed by atoms with E-state index in [1.165, 1.54) is 11.8 Å². The van der Waals surface area contributed by atoms with Crippen LogP contribution in [-0.4, -0.2) is 42.7 Å². The summed E-state index contributed by atoms with van der Waals surface area (Å²) in [5, 5.41) is 11.0. The van der Waals surface area contributed by atoms with Gasteiger partial charge in [-0.05, 0) is 30.0 Å².